The summed E-state index contributed by atoms with van der Waals surface area (Å²) in [4.78, 5) is 22.6. The van der Waals surface area contributed by atoms with E-state index in [0.29, 0.717) is 17.4 Å². The van der Waals surface area contributed by atoms with Crippen LogP contribution in [0.2, 0.25) is 0 Å². The van der Waals surface area contributed by atoms with Gasteiger partial charge in [0.2, 0.25) is 5.91 Å². The molecule has 0 spiro atoms. The normalized spacial score (nSPS) is 14.6. The Labute approximate surface area is 310 Å². The SMILES string of the molecule is CCCCCCCCCCCCCCCCCCCCCCCCC/C=C/C(O)C(COP(=O)(O)OCC[N+](C)(C)C)NC(=O)CCCCC. The second-order valence-electron chi connectivity index (χ2n) is 15.7. The lowest BCUT2D eigenvalue weighted by atomic mass is 10.0. The predicted octanol–water partition coefficient (Wildman–Crippen LogP) is 11.2. The quantitative estimate of drug-likeness (QED) is 0.0253. The van der Waals surface area contributed by atoms with E-state index in [0.717, 1.165) is 32.1 Å². The van der Waals surface area contributed by atoms with Gasteiger partial charge in [0.25, 0.3) is 0 Å². The fraction of sp³-hybridized carbons (Fsp3) is 0.927. The highest BCUT2D eigenvalue weighted by molar-refractivity contribution is 7.47. The molecular weight excluding hydrogens is 647 g/mol. The van der Waals surface area contributed by atoms with Crippen molar-refractivity contribution >= 4 is 13.7 Å². The average molecular weight is 732 g/mol. The Morgan fingerprint density at radius 1 is 0.660 bits per heavy atom. The maximum absolute atomic E-state index is 12.5. The van der Waals surface area contributed by atoms with Crippen molar-refractivity contribution in [3.8, 4) is 0 Å². The van der Waals surface area contributed by atoms with E-state index in [9.17, 15) is 19.4 Å². The third-order valence-electron chi connectivity index (χ3n) is 9.51. The molecule has 0 bridgehead atoms. The van der Waals surface area contributed by atoms with Gasteiger partial charge in [0, 0.05) is 6.42 Å². The number of carbonyl (C=O) groups excluding carboxylic acids is 1. The molecule has 0 saturated carbocycles. The van der Waals surface area contributed by atoms with Crippen LogP contribution in [0.3, 0.4) is 0 Å². The Bertz CT molecular complexity index is 834. The predicted molar refractivity (Wildman–Crippen MR) is 212 cm³/mol. The lowest BCUT2D eigenvalue weighted by Crippen LogP contribution is -2.45. The van der Waals surface area contributed by atoms with Gasteiger partial charge in [0.15, 0.2) is 0 Å². The zero-order chi connectivity index (χ0) is 37.2. The summed E-state index contributed by atoms with van der Waals surface area (Å²) in [7, 11) is 1.57. The molecule has 0 radical (unpaired) electrons. The monoisotopic (exact) mass is 732 g/mol. The van der Waals surface area contributed by atoms with Crippen LogP contribution >= 0.6 is 7.82 Å². The number of nitrogens with zero attached hydrogens (tertiary/aromatic N) is 1. The first-order chi connectivity index (χ1) is 24.0. The van der Waals surface area contributed by atoms with E-state index >= 15 is 0 Å². The number of quaternary nitrogens is 1. The minimum Gasteiger partial charge on any atom is -0.387 e. The summed E-state index contributed by atoms with van der Waals surface area (Å²) in [6, 6.07) is -0.836. The molecule has 1 amide bonds. The van der Waals surface area contributed by atoms with Gasteiger partial charge in [-0.3, -0.25) is 13.8 Å². The number of aliphatic hydroxyl groups is 1. The number of phosphoric ester groups is 1. The number of hydrogen-bond acceptors (Lipinski definition) is 5. The Morgan fingerprint density at radius 2 is 1.06 bits per heavy atom. The Morgan fingerprint density at radius 3 is 1.48 bits per heavy atom. The summed E-state index contributed by atoms with van der Waals surface area (Å²) in [6.07, 6.45) is 38.0. The topological polar surface area (TPSA) is 105 Å². The lowest BCUT2D eigenvalue weighted by Gasteiger charge is -2.25. The van der Waals surface area contributed by atoms with Crippen molar-refractivity contribution in [3.05, 3.63) is 12.2 Å². The van der Waals surface area contributed by atoms with Crippen molar-refractivity contribution in [2.24, 2.45) is 0 Å². The molecule has 0 saturated heterocycles. The zero-order valence-corrected chi connectivity index (χ0v) is 34.5. The lowest BCUT2D eigenvalue weighted by molar-refractivity contribution is -0.870. The van der Waals surface area contributed by atoms with Crippen molar-refractivity contribution < 1.29 is 32.9 Å². The fourth-order valence-electron chi connectivity index (χ4n) is 6.10. The van der Waals surface area contributed by atoms with Crippen LogP contribution in [-0.4, -0.2) is 73.4 Å². The van der Waals surface area contributed by atoms with Gasteiger partial charge in [-0.2, -0.15) is 0 Å². The third kappa shape index (κ3) is 35.6. The van der Waals surface area contributed by atoms with Gasteiger partial charge < -0.3 is 19.8 Å². The molecule has 50 heavy (non-hydrogen) atoms. The number of phosphoric acid groups is 1. The summed E-state index contributed by atoms with van der Waals surface area (Å²) in [6.45, 7) is 4.65. The molecule has 0 aliphatic heterocycles. The van der Waals surface area contributed by atoms with Crippen molar-refractivity contribution in [2.45, 2.75) is 206 Å². The number of carbonyl (C=O) groups is 1. The first kappa shape index (κ1) is 49.2. The van der Waals surface area contributed by atoms with Crippen LogP contribution in [0, 0.1) is 0 Å². The average Bonchev–Trinajstić information content (AvgIpc) is 3.06. The fourth-order valence-corrected chi connectivity index (χ4v) is 6.84. The number of allylic oxidation sites excluding steroid dienone is 1. The third-order valence-corrected chi connectivity index (χ3v) is 10.5. The Balaban J connectivity index is 3.96. The van der Waals surface area contributed by atoms with Gasteiger partial charge in [-0.05, 0) is 19.3 Å². The summed E-state index contributed by atoms with van der Waals surface area (Å²) in [5.41, 5.74) is 0. The van der Waals surface area contributed by atoms with Crippen LogP contribution in [0.5, 0.6) is 0 Å². The first-order valence-corrected chi connectivity index (χ1v) is 22.6. The molecule has 3 N–H and O–H groups in total. The minimum absolute atomic E-state index is 0.0628. The number of amides is 1. The standard InChI is InChI=1S/C41H83N2O6P/c1-6-8-10-11-12-13-14-15-16-17-18-19-20-21-22-23-24-25-26-27-28-29-30-31-33-34-40(44)39(42-41(45)35-32-9-7-2)38-49-50(46,47)48-37-36-43(3,4)5/h33-34,39-40,44H,6-32,35-38H2,1-5H3,(H-,42,45,46,47)/p+1/b34-33+. The molecule has 0 aliphatic carbocycles. The van der Waals surface area contributed by atoms with E-state index in [1.165, 1.54) is 141 Å². The number of rotatable bonds is 38. The second-order valence-corrected chi connectivity index (χ2v) is 17.2. The largest absolute Gasteiger partial charge is 0.472 e. The smallest absolute Gasteiger partial charge is 0.387 e. The molecule has 0 aromatic heterocycles. The van der Waals surface area contributed by atoms with Crippen LogP contribution in [0.15, 0.2) is 12.2 Å². The molecule has 9 heteroatoms. The minimum atomic E-state index is -4.31. The van der Waals surface area contributed by atoms with Crippen molar-refractivity contribution in [1.29, 1.82) is 0 Å². The van der Waals surface area contributed by atoms with Gasteiger partial charge >= 0.3 is 7.82 Å². The highest BCUT2D eigenvalue weighted by Crippen LogP contribution is 2.43. The van der Waals surface area contributed by atoms with Crippen LogP contribution in [0.4, 0.5) is 0 Å². The van der Waals surface area contributed by atoms with Crippen molar-refractivity contribution in [1.82, 2.24) is 5.32 Å². The molecule has 3 unspecified atom stereocenters. The van der Waals surface area contributed by atoms with Gasteiger partial charge in [-0.25, -0.2) is 4.57 Å². The molecule has 3 atom stereocenters. The summed E-state index contributed by atoms with van der Waals surface area (Å²) >= 11 is 0. The maximum atomic E-state index is 12.5. The molecule has 0 aromatic carbocycles. The summed E-state index contributed by atoms with van der Waals surface area (Å²) in [5, 5.41) is 13.6. The maximum Gasteiger partial charge on any atom is 0.472 e. The van der Waals surface area contributed by atoms with Gasteiger partial charge in [0.1, 0.15) is 13.2 Å². The number of hydrogen-bond donors (Lipinski definition) is 3. The van der Waals surface area contributed by atoms with Crippen LogP contribution < -0.4 is 5.32 Å². The van der Waals surface area contributed by atoms with Gasteiger partial charge in [0.05, 0.1) is 39.9 Å². The molecule has 0 aliphatic rings. The van der Waals surface area contributed by atoms with Crippen LogP contribution in [0.25, 0.3) is 0 Å². The van der Waals surface area contributed by atoms with Crippen LogP contribution in [0.1, 0.15) is 194 Å². The number of aliphatic hydroxyl groups excluding tert-OH is 1. The van der Waals surface area contributed by atoms with E-state index in [2.05, 4.69) is 19.2 Å². The van der Waals surface area contributed by atoms with Gasteiger partial charge in [-0.1, -0.05) is 180 Å². The zero-order valence-electron chi connectivity index (χ0n) is 33.7. The Kier molecular flexibility index (Phi) is 33.5. The van der Waals surface area contributed by atoms with Gasteiger partial charge in [-0.15, -0.1) is 0 Å². The van der Waals surface area contributed by atoms with E-state index in [1.807, 2.05) is 27.2 Å². The van der Waals surface area contributed by atoms with E-state index < -0.39 is 20.0 Å². The summed E-state index contributed by atoms with van der Waals surface area (Å²) in [5.74, 6) is -0.201. The van der Waals surface area contributed by atoms with E-state index in [1.54, 1.807) is 6.08 Å². The Hall–Kier alpha value is -0.760. The highest BCUT2D eigenvalue weighted by atomic mass is 31.2. The second kappa shape index (κ2) is 34.0. The van der Waals surface area contributed by atoms with Crippen molar-refractivity contribution in [3.63, 3.8) is 0 Å². The van der Waals surface area contributed by atoms with Crippen molar-refractivity contribution in [2.75, 3.05) is 40.9 Å². The van der Waals surface area contributed by atoms with E-state index in [4.69, 9.17) is 9.05 Å². The van der Waals surface area contributed by atoms with Crippen LogP contribution in [-0.2, 0) is 18.4 Å². The molecule has 0 fully saturated rings. The molecule has 8 nitrogen and oxygen atoms in total. The number of likely N-dealkylation sites (N-methyl/N-ethyl adjacent to an activating group) is 1. The first-order valence-electron chi connectivity index (χ1n) is 21.1. The molecular formula is C41H84N2O6P+. The molecule has 298 valence electrons. The number of nitrogens with one attached hydrogen (secondary N) is 1. The number of unbranched alkanes of at least 4 members (excludes halogenated alkanes) is 25. The molecule has 0 aromatic rings. The summed E-state index contributed by atoms with van der Waals surface area (Å²) < 4.78 is 23.3. The van der Waals surface area contributed by atoms with E-state index in [-0.39, 0.29) is 19.1 Å². The molecule has 0 heterocycles. The molecule has 0 rings (SSSR count). The highest BCUT2D eigenvalue weighted by Gasteiger charge is 2.27.